The fourth-order valence-corrected chi connectivity index (χ4v) is 5.30. The number of rotatable bonds is 7. The van der Waals surface area contributed by atoms with Gasteiger partial charge < -0.3 is 16.2 Å². The normalized spacial score (nSPS) is 16.6. The van der Waals surface area contributed by atoms with E-state index in [-0.39, 0.29) is 24.5 Å². The van der Waals surface area contributed by atoms with Gasteiger partial charge in [-0.15, -0.1) is 6.58 Å². The summed E-state index contributed by atoms with van der Waals surface area (Å²) in [6.45, 7) is 3.25. The lowest BCUT2D eigenvalue weighted by atomic mass is 9.95. The summed E-state index contributed by atoms with van der Waals surface area (Å²) in [4.78, 5) is 21.3. The molecule has 8 nitrogen and oxygen atoms in total. The first-order chi connectivity index (χ1) is 15.4. The van der Waals surface area contributed by atoms with E-state index in [9.17, 15) is 34.3 Å². The zero-order valence-corrected chi connectivity index (χ0v) is 19.1. The van der Waals surface area contributed by atoms with E-state index >= 15 is 0 Å². The van der Waals surface area contributed by atoms with Crippen LogP contribution in [0.25, 0.3) is 5.69 Å². The zero-order chi connectivity index (χ0) is 25.9. The highest BCUT2D eigenvalue weighted by atomic mass is 35.5. The molecule has 0 saturated heterocycles. The molecule has 0 bridgehead atoms. The van der Waals surface area contributed by atoms with E-state index in [4.69, 9.17) is 39.4 Å². The number of aromatic nitrogens is 2. The average Bonchev–Trinajstić information content (AvgIpc) is 3.40. The fourth-order valence-electron chi connectivity index (χ4n) is 3.50. The molecule has 0 atom stereocenters. The Morgan fingerprint density at radius 2 is 1.88 bits per heavy atom. The van der Waals surface area contributed by atoms with Gasteiger partial charge in [0.1, 0.15) is 16.7 Å². The van der Waals surface area contributed by atoms with Crippen molar-refractivity contribution in [3.8, 4) is 17.6 Å². The van der Waals surface area contributed by atoms with Crippen molar-refractivity contribution in [2.45, 2.75) is 29.6 Å². The molecular formula is C18H14Cl2F5N5O3S. The molecule has 1 aromatic carbocycles. The summed E-state index contributed by atoms with van der Waals surface area (Å²) in [6, 6.07) is 1.61. The summed E-state index contributed by atoms with van der Waals surface area (Å²) in [7, 11) is -10.3. The van der Waals surface area contributed by atoms with E-state index in [2.05, 4.69) is 11.7 Å². The van der Waals surface area contributed by atoms with Gasteiger partial charge in [0, 0.05) is 0 Å². The number of halogens is 7. The second kappa shape index (κ2) is 7.24. The first-order valence-corrected chi connectivity index (χ1v) is 11.8. The van der Waals surface area contributed by atoms with E-state index < -0.39 is 71.8 Å². The molecule has 2 aromatic rings. The highest BCUT2D eigenvalue weighted by molar-refractivity contribution is 8.45. The van der Waals surface area contributed by atoms with Crippen molar-refractivity contribution < 1.29 is 33.8 Å². The first-order valence-electron chi connectivity index (χ1n) is 9.05. The Labute approximate surface area is 198 Å². The number of allylic oxidation sites excluding steroid dienone is 1. The van der Waals surface area contributed by atoms with Crippen molar-refractivity contribution in [3.05, 3.63) is 45.6 Å². The van der Waals surface area contributed by atoms with Crippen molar-refractivity contribution in [1.82, 2.24) is 9.78 Å². The van der Waals surface area contributed by atoms with Crippen molar-refractivity contribution in [2.24, 2.45) is 11.5 Å². The van der Waals surface area contributed by atoms with Crippen LogP contribution in [0, 0.1) is 11.3 Å². The van der Waals surface area contributed by atoms with E-state index in [1.807, 2.05) is 0 Å². The number of benzene rings is 1. The quantitative estimate of drug-likeness (QED) is 0.354. The molecule has 1 heterocycles. The molecule has 1 fully saturated rings. The number of amides is 2. The maximum absolute atomic E-state index is 13.7. The molecule has 1 saturated carbocycles. The number of primary amides is 2. The van der Waals surface area contributed by atoms with E-state index in [1.54, 1.807) is 6.07 Å². The fraction of sp³-hybridized carbons (Fsp3) is 0.222. The third-order valence-electron chi connectivity index (χ3n) is 5.08. The van der Waals surface area contributed by atoms with E-state index in [0.29, 0.717) is 4.68 Å². The lowest BCUT2D eigenvalue weighted by Gasteiger charge is -2.42. The third-order valence-corrected chi connectivity index (χ3v) is 6.97. The van der Waals surface area contributed by atoms with Gasteiger partial charge in [-0.25, -0.2) is 4.79 Å². The van der Waals surface area contributed by atoms with Crippen LogP contribution < -0.4 is 16.2 Å². The van der Waals surface area contributed by atoms with Crippen molar-refractivity contribution in [3.63, 3.8) is 0 Å². The lowest BCUT2D eigenvalue weighted by molar-refractivity contribution is -0.120. The number of nitrogens with zero attached hydrogens (tertiary/aromatic N) is 3. The Kier molecular flexibility index (Phi) is 5.45. The summed E-state index contributed by atoms with van der Waals surface area (Å²) in [5.41, 5.74) is 6.53. The van der Waals surface area contributed by atoms with Gasteiger partial charge in [0.15, 0.2) is 5.69 Å². The van der Waals surface area contributed by atoms with Crippen LogP contribution in [-0.4, -0.2) is 21.8 Å². The highest BCUT2D eigenvalue weighted by Crippen LogP contribution is 3.02. The van der Waals surface area contributed by atoms with Gasteiger partial charge in [-0.05, 0) is 30.9 Å². The molecule has 16 heteroatoms. The summed E-state index contributed by atoms with van der Waals surface area (Å²) < 4.78 is 74.0. The topological polar surface area (TPSA) is 137 Å². The summed E-state index contributed by atoms with van der Waals surface area (Å²) in [5.74, 6) is -1.58. The largest absolute Gasteiger partial charge is 0.411 e. The second-order valence-corrected chi connectivity index (χ2v) is 10.5. The highest BCUT2D eigenvalue weighted by Gasteiger charge is 2.67. The Hall–Kier alpha value is -3.02. The molecule has 1 aliphatic carbocycles. The Bertz CT molecular complexity index is 1320. The predicted molar refractivity (Wildman–Crippen MR) is 114 cm³/mol. The molecule has 0 aliphatic heterocycles. The maximum atomic E-state index is 13.7. The maximum Gasteiger partial charge on any atom is 0.411 e. The number of hydrogen-bond acceptors (Lipinski definition) is 5. The number of carbonyl (C=O) groups excluding carboxylic acids is 2. The average molecular weight is 546 g/mol. The van der Waals surface area contributed by atoms with Crippen LogP contribution >= 0.6 is 33.4 Å². The van der Waals surface area contributed by atoms with Gasteiger partial charge in [-0.1, -0.05) is 48.7 Å². The van der Waals surface area contributed by atoms with Crippen molar-refractivity contribution >= 4 is 45.4 Å². The van der Waals surface area contributed by atoms with E-state index in [0.717, 1.165) is 6.08 Å². The van der Waals surface area contributed by atoms with Crippen LogP contribution in [0.15, 0.2) is 23.6 Å². The van der Waals surface area contributed by atoms with Gasteiger partial charge in [0.25, 0.3) is 0 Å². The first kappa shape index (κ1) is 25.6. The Balaban J connectivity index is 2.46. The van der Waals surface area contributed by atoms with Gasteiger partial charge in [-0.3, -0.25) is 4.79 Å². The lowest BCUT2D eigenvalue weighted by Crippen LogP contribution is -2.30. The second-order valence-electron chi connectivity index (χ2n) is 7.38. The third kappa shape index (κ3) is 4.26. The van der Waals surface area contributed by atoms with Crippen LogP contribution in [0.1, 0.15) is 29.7 Å². The summed E-state index contributed by atoms with van der Waals surface area (Å²) >= 11 is 12.1. The van der Waals surface area contributed by atoms with Gasteiger partial charge in [0.05, 0.1) is 21.0 Å². The minimum absolute atomic E-state index is 0.0500. The molecule has 3 rings (SSSR count). The van der Waals surface area contributed by atoms with Gasteiger partial charge >= 0.3 is 16.3 Å². The van der Waals surface area contributed by atoms with Gasteiger partial charge in [0.2, 0.25) is 11.8 Å². The van der Waals surface area contributed by atoms with Crippen LogP contribution in [0.4, 0.5) is 24.2 Å². The monoisotopic (exact) mass is 545 g/mol. The summed E-state index contributed by atoms with van der Waals surface area (Å²) in [6.07, 6.45) is -1.06. The molecule has 1 aliphatic rings. The molecule has 0 radical (unpaired) electrons. The Morgan fingerprint density at radius 3 is 2.29 bits per heavy atom. The van der Waals surface area contributed by atoms with E-state index in [1.165, 1.54) is 0 Å². The minimum Gasteiger partial charge on any atom is -0.391 e. The molecule has 184 valence electrons. The van der Waals surface area contributed by atoms with Crippen molar-refractivity contribution in [1.29, 1.82) is 5.26 Å². The predicted octanol–water partition coefficient (Wildman–Crippen LogP) is 5.41. The standard InChI is InChI=1S/C18H14Cl2F5N5O3S/c1-2-3-8-11(34(21,22,23,24)25)6-9(19)14(13(8)20)30-15(33-17(28)32)12(10(7-26)29-30)18(4-5-18)16(27)31/h2,6H,1,3-5H2,(H2,27,31)(H2,28,32). The molecule has 1 aromatic heterocycles. The smallest absolute Gasteiger partial charge is 0.391 e. The number of ether oxygens (including phenoxy) is 1. The molecule has 4 N–H and O–H groups in total. The van der Waals surface area contributed by atoms with Crippen LogP contribution in [0.5, 0.6) is 5.88 Å². The number of carbonyl (C=O) groups is 2. The van der Waals surface area contributed by atoms with Crippen LogP contribution in [0.2, 0.25) is 10.0 Å². The number of nitrogens with two attached hydrogens (primary N) is 2. The Morgan fingerprint density at radius 1 is 1.29 bits per heavy atom. The summed E-state index contributed by atoms with van der Waals surface area (Å²) in [5, 5.41) is 11.5. The minimum atomic E-state index is -10.3. The van der Waals surface area contributed by atoms with Crippen molar-refractivity contribution in [2.75, 3.05) is 0 Å². The SMILES string of the molecule is C=CCc1c(S(F)(F)(F)(F)F)cc(Cl)c(-n2nc(C#N)c(C3(C(N)=O)CC3)c2OC(N)=O)c1Cl. The molecule has 34 heavy (non-hydrogen) atoms. The number of hydrogen-bond donors (Lipinski definition) is 2. The number of nitriles is 1. The molecule has 0 unspecified atom stereocenters. The van der Waals surface area contributed by atoms with Gasteiger partial charge in [-0.2, -0.15) is 15.0 Å². The van der Waals surface area contributed by atoms with Crippen LogP contribution in [0.3, 0.4) is 0 Å². The molecule has 0 spiro atoms. The molecular weight excluding hydrogens is 532 g/mol. The van der Waals surface area contributed by atoms with Crippen LogP contribution in [-0.2, 0) is 16.6 Å². The zero-order valence-electron chi connectivity index (χ0n) is 16.8. The molecule has 2 amide bonds.